The van der Waals surface area contributed by atoms with Crippen LogP contribution in [0.1, 0.15) is 12.6 Å². The summed E-state index contributed by atoms with van der Waals surface area (Å²) in [5.74, 6) is 0. The summed E-state index contributed by atoms with van der Waals surface area (Å²) in [6, 6.07) is 1.83. The third-order valence-corrected chi connectivity index (χ3v) is 1.15. The van der Waals surface area contributed by atoms with Gasteiger partial charge < -0.3 is 4.74 Å². The summed E-state index contributed by atoms with van der Waals surface area (Å²) >= 11 is 0. The lowest BCUT2D eigenvalue weighted by Crippen LogP contribution is -1.94. The van der Waals surface area contributed by atoms with Crippen molar-refractivity contribution in [1.82, 2.24) is 9.78 Å². The maximum atomic E-state index is 5.14. The van der Waals surface area contributed by atoms with Gasteiger partial charge in [0.15, 0.2) is 0 Å². The smallest absolute Gasteiger partial charge is 0.0906 e. The van der Waals surface area contributed by atoms with Crippen LogP contribution in [0.3, 0.4) is 0 Å². The van der Waals surface area contributed by atoms with Gasteiger partial charge in [0.05, 0.1) is 18.5 Å². The first-order chi connectivity index (χ1) is 4.83. The molecule has 0 atom stereocenters. The van der Waals surface area contributed by atoms with Crippen molar-refractivity contribution < 1.29 is 4.74 Å². The molecule has 1 radical (unpaired) electrons. The Kier molecular flexibility index (Phi) is 2.45. The molecule has 0 aliphatic heterocycles. The van der Waals surface area contributed by atoms with Crippen LogP contribution in [0.5, 0.6) is 0 Å². The highest BCUT2D eigenvalue weighted by Crippen LogP contribution is 1.94. The maximum Gasteiger partial charge on any atom is 0.0906 e. The van der Waals surface area contributed by atoms with E-state index in [9.17, 15) is 0 Å². The van der Waals surface area contributed by atoms with Gasteiger partial charge in [-0.15, -0.1) is 0 Å². The molecule has 0 bridgehead atoms. The number of aryl methyl sites for hydroxylation is 1. The van der Waals surface area contributed by atoms with Gasteiger partial charge in [0, 0.05) is 13.7 Å². The Balaban J connectivity index is 2.42. The van der Waals surface area contributed by atoms with E-state index < -0.39 is 0 Å². The number of aromatic nitrogens is 2. The van der Waals surface area contributed by atoms with Crippen molar-refractivity contribution in [1.29, 1.82) is 0 Å². The monoisotopic (exact) mass is 139 g/mol. The van der Waals surface area contributed by atoms with Crippen LogP contribution in [0.4, 0.5) is 0 Å². The van der Waals surface area contributed by atoms with Gasteiger partial charge >= 0.3 is 0 Å². The third-order valence-electron chi connectivity index (χ3n) is 1.15. The van der Waals surface area contributed by atoms with E-state index in [-0.39, 0.29) is 0 Å². The molecule has 0 amide bonds. The molecule has 0 fully saturated rings. The average molecular weight is 139 g/mol. The van der Waals surface area contributed by atoms with Crippen molar-refractivity contribution in [3.8, 4) is 0 Å². The molecule has 1 heterocycles. The first-order valence-electron chi connectivity index (χ1n) is 3.31. The Bertz CT molecular complexity index is 195. The maximum absolute atomic E-state index is 5.14. The van der Waals surface area contributed by atoms with Crippen molar-refractivity contribution in [2.75, 3.05) is 6.61 Å². The van der Waals surface area contributed by atoms with E-state index in [2.05, 4.69) is 11.3 Å². The minimum atomic E-state index is 0.591. The summed E-state index contributed by atoms with van der Waals surface area (Å²) in [7, 11) is 1.84. The molecule has 0 saturated carbocycles. The van der Waals surface area contributed by atoms with Gasteiger partial charge in [-0.25, -0.2) is 0 Å². The summed E-state index contributed by atoms with van der Waals surface area (Å²) in [6.07, 6.45) is 2.90. The molecule has 0 spiro atoms. The fourth-order valence-corrected chi connectivity index (χ4v) is 0.695. The van der Waals surface area contributed by atoms with Gasteiger partial charge in [-0.1, -0.05) is 0 Å². The number of rotatable bonds is 3. The summed E-state index contributed by atoms with van der Waals surface area (Å²) < 4.78 is 6.78. The second-order valence-electron chi connectivity index (χ2n) is 2.03. The molecular formula is C7H11N2O. The molecule has 0 aromatic carbocycles. The quantitative estimate of drug-likeness (QED) is 0.618. The molecule has 1 aromatic heterocycles. The zero-order chi connectivity index (χ0) is 7.40. The van der Waals surface area contributed by atoms with Gasteiger partial charge in [0.1, 0.15) is 0 Å². The lowest BCUT2D eigenvalue weighted by molar-refractivity contribution is 0.131. The first kappa shape index (κ1) is 7.28. The van der Waals surface area contributed by atoms with E-state index in [1.54, 1.807) is 4.68 Å². The highest BCUT2D eigenvalue weighted by atomic mass is 16.5. The standard InChI is InChI=1S/C7H11N2O/c1-3-10-6-7-4-5-9(2)8-7/h4H,3,6H2,1-2H3. The Morgan fingerprint density at radius 2 is 2.60 bits per heavy atom. The van der Waals surface area contributed by atoms with E-state index in [0.29, 0.717) is 6.61 Å². The van der Waals surface area contributed by atoms with Gasteiger partial charge in [-0.2, -0.15) is 5.10 Å². The van der Waals surface area contributed by atoms with Crippen molar-refractivity contribution in [3.05, 3.63) is 18.0 Å². The Hall–Kier alpha value is -0.830. The van der Waals surface area contributed by atoms with Gasteiger partial charge in [-0.05, 0) is 13.0 Å². The van der Waals surface area contributed by atoms with Crippen LogP contribution in [0.15, 0.2) is 6.07 Å². The molecule has 0 aliphatic rings. The van der Waals surface area contributed by atoms with E-state index in [1.165, 1.54) is 0 Å². The molecule has 3 heteroatoms. The molecule has 3 nitrogen and oxygen atoms in total. The topological polar surface area (TPSA) is 27.1 Å². The molecular weight excluding hydrogens is 128 g/mol. The van der Waals surface area contributed by atoms with E-state index >= 15 is 0 Å². The molecule has 55 valence electrons. The molecule has 1 rings (SSSR count). The van der Waals surface area contributed by atoms with Crippen molar-refractivity contribution >= 4 is 0 Å². The fourth-order valence-electron chi connectivity index (χ4n) is 0.695. The molecule has 0 N–H and O–H groups in total. The second kappa shape index (κ2) is 3.37. The van der Waals surface area contributed by atoms with Gasteiger partial charge in [0.2, 0.25) is 0 Å². The summed E-state index contributed by atoms with van der Waals surface area (Å²) in [6.45, 7) is 3.29. The zero-order valence-corrected chi connectivity index (χ0v) is 6.29. The van der Waals surface area contributed by atoms with Crippen LogP contribution >= 0.6 is 0 Å². The summed E-state index contributed by atoms with van der Waals surface area (Å²) in [5.41, 5.74) is 0.935. The Labute approximate surface area is 60.6 Å². The Morgan fingerprint density at radius 3 is 3.10 bits per heavy atom. The Morgan fingerprint density at radius 1 is 1.80 bits per heavy atom. The van der Waals surface area contributed by atoms with Crippen LogP contribution in [0, 0.1) is 6.20 Å². The van der Waals surface area contributed by atoms with Crippen LogP contribution in [0.25, 0.3) is 0 Å². The highest BCUT2D eigenvalue weighted by Gasteiger charge is 1.94. The minimum Gasteiger partial charge on any atom is -0.375 e. The van der Waals surface area contributed by atoms with Crippen LogP contribution in [-0.2, 0) is 18.4 Å². The van der Waals surface area contributed by atoms with E-state index in [0.717, 1.165) is 12.3 Å². The van der Waals surface area contributed by atoms with Crippen LogP contribution < -0.4 is 0 Å². The van der Waals surface area contributed by atoms with Crippen LogP contribution in [0.2, 0.25) is 0 Å². The molecule has 0 aliphatic carbocycles. The van der Waals surface area contributed by atoms with E-state index in [1.807, 2.05) is 20.0 Å². The van der Waals surface area contributed by atoms with Crippen LogP contribution in [-0.4, -0.2) is 16.4 Å². The first-order valence-corrected chi connectivity index (χ1v) is 3.31. The predicted octanol–water partition coefficient (Wildman–Crippen LogP) is 0.757. The number of ether oxygens (including phenoxy) is 1. The van der Waals surface area contributed by atoms with Gasteiger partial charge in [-0.3, -0.25) is 4.68 Å². The molecule has 1 aromatic rings. The number of hydrogen-bond donors (Lipinski definition) is 0. The highest BCUT2D eigenvalue weighted by molar-refractivity contribution is 4.94. The SMILES string of the molecule is CCOCc1c[c]n(C)n1. The number of hydrogen-bond acceptors (Lipinski definition) is 2. The normalized spacial score (nSPS) is 10.2. The largest absolute Gasteiger partial charge is 0.375 e. The van der Waals surface area contributed by atoms with Gasteiger partial charge in [0.25, 0.3) is 0 Å². The lowest BCUT2D eigenvalue weighted by atomic mass is 10.5. The predicted molar refractivity (Wildman–Crippen MR) is 37.4 cm³/mol. The van der Waals surface area contributed by atoms with Crippen molar-refractivity contribution in [2.45, 2.75) is 13.5 Å². The summed E-state index contributed by atoms with van der Waals surface area (Å²) in [4.78, 5) is 0. The number of nitrogens with zero attached hydrogens (tertiary/aromatic N) is 2. The molecule has 0 unspecified atom stereocenters. The molecule has 10 heavy (non-hydrogen) atoms. The lowest BCUT2D eigenvalue weighted by Gasteiger charge is -1.94. The zero-order valence-electron chi connectivity index (χ0n) is 6.29. The third kappa shape index (κ3) is 1.84. The fraction of sp³-hybridized carbons (Fsp3) is 0.571. The van der Waals surface area contributed by atoms with Crippen molar-refractivity contribution in [3.63, 3.8) is 0 Å². The summed E-state index contributed by atoms with van der Waals surface area (Å²) in [5, 5.41) is 4.08. The van der Waals surface area contributed by atoms with E-state index in [4.69, 9.17) is 4.74 Å². The minimum absolute atomic E-state index is 0.591. The van der Waals surface area contributed by atoms with Crippen molar-refractivity contribution in [2.24, 2.45) is 7.05 Å². The second-order valence-corrected chi connectivity index (χ2v) is 2.03. The average Bonchev–Trinajstić information content (AvgIpc) is 2.31. The molecule has 0 saturated heterocycles.